The van der Waals surface area contributed by atoms with Gasteiger partial charge in [0.1, 0.15) is 0 Å². The Hall–Kier alpha value is -2.11. The van der Waals surface area contributed by atoms with E-state index in [0.29, 0.717) is 10.8 Å². The van der Waals surface area contributed by atoms with Gasteiger partial charge < -0.3 is 5.32 Å². The number of para-hydroxylation sites is 1. The second-order valence-corrected chi connectivity index (χ2v) is 2.43. The smallest absolute Gasteiger partial charge is 0.338 e. The third kappa shape index (κ3) is 2.44. The van der Waals surface area contributed by atoms with Crippen molar-refractivity contribution in [1.82, 2.24) is 10.4 Å². The summed E-state index contributed by atoms with van der Waals surface area (Å²) in [6, 6.07) is 8.17. The first kappa shape index (κ1) is 9.97. The number of benzene rings is 1. The number of carbonyl (C=O) groups is 1. The standard InChI is InChI=1S/C8H10N4O2/c1-9-8(13)12(11-14)10-7-5-3-2-4-6-7/h2-6,10H,1H3,(H,9,13). The zero-order chi connectivity index (χ0) is 10.4. The minimum Gasteiger partial charge on any atom is -0.338 e. The SMILES string of the molecule is CNC(=O)N(N=O)Nc1ccccc1. The van der Waals surface area contributed by atoms with Crippen LogP contribution in [0.1, 0.15) is 0 Å². The van der Waals surface area contributed by atoms with Crippen LogP contribution in [-0.4, -0.2) is 18.2 Å². The number of hydrogen-bond acceptors (Lipinski definition) is 4. The maximum atomic E-state index is 11.0. The average Bonchev–Trinajstić information content (AvgIpc) is 2.26. The van der Waals surface area contributed by atoms with E-state index in [9.17, 15) is 9.70 Å². The Balaban J connectivity index is 2.66. The van der Waals surface area contributed by atoms with Gasteiger partial charge in [-0.15, -0.1) is 4.91 Å². The van der Waals surface area contributed by atoms with Crippen molar-refractivity contribution >= 4 is 11.7 Å². The monoisotopic (exact) mass is 194 g/mol. The van der Waals surface area contributed by atoms with Crippen LogP contribution in [0.15, 0.2) is 35.6 Å². The molecule has 0 aliphatic carbocycles. The van der Waals surface area contributed by atoms with E-state index in [2.05, 4.69) is 16.0 Å². The molecule has 6 heteroatoms. The highest BCUT2D eigenvalue weighted by Gasteiger charge is 2.10. The van der Waals surface area contributed by atoms with Gasteiger partial charge in [-0.1, -0.05) is 23.3 Å². The average molecular weight is 194 g/mol. The summed E-state index contributed by atoms with van der Waals surface area (Å²) in [4.78, 5) is 21.3. The predicted molar refractivity (Wildman–Crippen MR) is 52.2 cm³/mol. The zero-order valence-corrected chi connectivity index (χ0v) is 7.60. The molecule has 0 saturated heterocycles. The van der Waals surface area contributed by atoms with Crippen molar-refractivity contribution in [2.24, 2.45) is 5.29 Å². The maximum absolute atomic E-state index is 11.0. The number of hydrogen-bond donors (Lipinski definition) is 2. The van der Waals surface area contributed by atoms with Crippen LogP contribution in [0.4, 0.5) is 10.5 Å². The van der Waals surface area contributed by atoms with Crippen molar-refractivity contribution in [3.63, 3.8) is 0 Å². The lowest BCUT2D eigenvalue weighted by molar-refractivity contribution is 0.212. The van der Waals surface area contributed by atoms with Gasteiger partial charge in [-0.3, -0.25) is 5.43 Å². The molecular weight excluding hydrogens is 184 g/mol. The zero-order valence-electron chi connectivity index (χ0n) is 7.60. The Labute approximate surface area is 80.8 Å². The summed E-state index contributed by atoms with van der Waals surface area (Å²) < 4.78 is 0. The highest BCUT2D eigenvalue weighted by Crippen LogP contribution is 2.06. The fourth-order valence-electron chi connectivity index (χ4n) is 0.849. The van der Waals surface area contributed by atoms with Gasteiger partial charge in [0.2, 0.25) is 0 Å². The molecule has 0 aliphatic rings. The van der Waals surface area contributed by atoms with E-state index in [-0.39, 0.29) is 0 Å². The Kier molecular flexibility index (Phi) is 3.42. The summed E-state index contributed by atoms with van der Waals surface area (Å²) in [5.74, 6) is 0. The number of nitroso groups, excluding NO2 is 1. The van der Waals surface area contributed by atoms with Crippen LogP contribution in [0.5, 0.6) is 0 Å². The van der Waals surface area contributed by atoms with Crippen LogP contribution >= 0.6 is 0 Å². The van der Waals surface area contributed by atoms with Crippen LogP contribution in [0.2, 0.25) is 0 Å². The van der Waals surface area contributed by atoms with Crippen LogP contribution in [-0.2, 0) is 0 Å². The largest absolute Gasteiger partial charge is 0.360 e. The van der Waals surface area contributed by atoms with E-state index in [0.717, 1.165) is 0 Å². The molecule has 1 aromatic carbocycles. The number of anilines is 1. The summed E-state index contributed by atoms with van der Waals surface area (Å²) in [7, 11) is 1.41. The topological polar surface area (TPSA) is 73.8 Å². The van der Waals surface area contributed by atoms with Gasteiger partial charge in [0.25, 0.3) is 0 Å². The molecule has 0 atom stereocenters. The van der Waals surface area contributed by atoms with E-state index < -0.39 is 6.03 Å². The molecular formula is C8H10N4O2. The first-order valence-electron chi connectivity index (χ1n) is 3.94. The van der Waals surface area contributed by atoms with Crippen molar-refractivity contribution in [2.45, 2.75) is 0 Å². The molecule has 6 nitrogen and oxygen atoms in total. The molecule has 14 heavy (non-hydrogen) atoms. The van der Waals surface area contributed by atoms with Gasteiger partial charge in [0.15, 0.2) is 0 Å². The molecule has 0 aliphatic heterocycles. The third-order valence-electron chi connectivity index (χ3n) is 1.50. The summed E-state index contributed by atoms with van der Waals surface area (Å²) in [5.41, 5.74) is 3.13. The highest BCUT2D eigenvalue weighted by atomic mass is 16.3. The fraction of sp³-hybridized carbons (Fsp3) is 0.125. The molecule has 2 amide bonds. The number of carbonyl (C=O) groups excluding carboxylic acids is 1. The van der Waals surface area contributed by atoms with E-state index in [1.807, 2.05) is 6.07 Å². The molecule has 0 aromatic heterocycles. The molecule has 0 bridgehead atoms. The number of hydrazine groups is 1. The second kappa shape index (κ2) is 4.80. The van der Waals surface area contributed by atoms with Crippen LogP contribution < -0.4 is 10.7 Å². The normalized spacial score (nSPS) is 8.93. The molecule has 0 radical (unpaired) electrons. The van der Waals surface area contributed by atoms with Gasteiger partial charge in [-0.05, 0) is 12.1 Å². The van der Waals surface area contributed by atoms with E-state index >= 15 is 0 Å². The molecule has 1 rings (SSSR count). The van der Waals surface area contributed by atoms with Gasteiger partial charge in [0, 0.05) is 7.05 Å². The number of nitrogens with one attached hydrogen (secondary N) is 2. The predicted octanol–water partition coefficient (Wildman–Crippen LogP) is 1.34. The number of amides is 2. The van der Waals surface area contributed by atoms with Gasteiger partial charge in [0.05, 0.1) is 11.0 Å². The third-order valence-corrected chi connectivity index (χ3v) is 1.50. The molecule has 0 heterocycles. The number of rotatable bonds is 3. The summed E-state index contributed by atoms with van der Waals surface area (Å²) >= 11 is 0. The van der Waals surface area contributed by atoms with Crippen LogP contribution in [0.25, 0.3) is 0 Å². The molecule has 2 N–H and O–H groups in total. The lowest BCUT2D eigenvalue weighted by Crippen LogP contribution is -2.37. The van der Waals surface area contributed by atoms with Gasteiger partial charge in [-0.2, -0.15) is 0 Å². The Bertz CT molecular complexity index is 314. The fourth-order valence-corrected chi connectivity index (χ4v) is 0.849. The van der Waals surface area contributed by atoms with Crippen molar-refractivity contribution in [1.29, 1.82) is 0 Å². The summed E-state index contributed by atoms with van der Waals surface area (Å²) in [6.07, 6.45) is 0. The van der Waals surface area contributed by atoms with Crippen molar-refractivity contribution in [2.75, 3.05) is 12.5 Å². The minimum absolute atomic E-state index is 0.579. The van der Waals surface area contributed by atoms with Crippen molar-refractivity contribution in [3.8, 4) is 0 Å². The molecule has 0 spiro atoms. The number of nitrogens with zero attached hydrogens (tertiary/aromatic N) is 2. The van der Waals surface area contributed by atoms with Crippen LogP contribution in [0, 0.1) is 4.91 Å². The molecule has 1 aromatic rings. The van der Waals surface area contributed by atoms with Crippen LogP contribution in [0.3, 0.4) is 0 Å². The minimum atomic E-state index is -0.621. The quantitative estimate of drug-likeness (QED) is 0.563. The molecule has 74 valence electrons. The van der Waals surface area contributed by atoms with Crippen molar-refractivity contribution in [3.05, 3.63) is 35.2 Å². The lowest BCUT2D eigenvalue weighted by atomic mass is 10.3. The Morgan fingerprint density at radius 2 is 2.00 bits per heavy atom. The van der Waals surface area contributed by atoms with Crippen molar-refractivity contribution < 1.29 is 4.79 Å². The first-order chi connectivity index (χ1) is 6.77. The molecule has 0 saturated carbocycles. The van der Waals surface area contributed by atoms with Gasteiger partial charge >= 0.3 is 6.03 Å². The van der Waals surface area contributed by atoms with E-state index in [1.165, 1.54) is 7.05 Å². The molecule has 0 fully saturated rings. The Morgan fingerprint density at radius 1 is 1.36 bits per heavy atom. The number of urea groups is 1. The first-order valence-corrected chi connectivity index (χ1v) is 3.94. The van der Waals surface area contributed by atoms with E-state index in [4.69, 9.17) is 0 Å². The molecule has 0 unspecified atom stereocenters. The summed E-state index contributed by atoms with van der Waals surface area (Å²) in [5, 5.41) is 5.36. The van der Waals surface area contributed by atoms with E-state index in [1.54, 1.807) is 24.3 Å². The Morgan fingerprint density at radius 3 is 2.50 bits per heavy atom. The second-order valence-electron chi connectivity index (χ2n) is 2.43. The lowest BCUT2D eigenvalue weighted by Gasteiger charge is -2.14. The highest BCUT2D eigenvalue weighted by molar-refractivity contribution is 5.74. The van der Waals surface area contributed by atoms with Gasteiger partial charge in [-0.25, -0.2) is 4.79 Å². The summed E-state index contributed by atoms with van der Waals surface area (Å²) in [6.45, 7) is 0. The maximum Gasteiger partial charge on any atom is 0.360 e.